The van der Waals surface area contributed by atoms with Crippen molar-refractivity contribution in [1.29, 1.82) is 0 Å². The summed E-state index contributed by atoms with van der Waals surface area (Å²) in [5.74, 6) is 0. The molecule has 0 nitrogen and oxygen atoms in total. The molecule has 0 radical (unpaired) electrons. The molecule has 0 unspecified atom stereocenters. The minimum atomic E-state index is 0.0785. The van der Waals surface area contributed by atoms with Gasteiger partial charge in [-0.15, -0.1) is 0 Å². The van der Waals surface area contributed by atoms with E-state index in [1.54, 1.807) is 0 Å². The topological polar surface area (TPSA) is 0 Å². The van der Waals surface area contributed by atoms with Crippen molar-refractivity contribution >= 4 is 11.1 Å². The Balaban J connectivity index is 2.06. The van der Waals surface area contributed by atoms with Gasteiger partial charge in [0.2, 0.25) is 0 Å². The number of benzene rings is 3. The summed E-state index contributed by atoms with van der Waals surface area (Å²) in [6.45, 7) is 18.6. The van der Waals surface area contributed by atoms with E-state index in [1.807, 2.05) is 0 Å². The van der Waals surface area contributed by atoms with Crippen molar-refractivity contribution in [3.05, 3.63) is 94.0 Å². The van der Waals surface area contributed by atoms with Gasteiger partial charge in [-0.05, 0) is 86.8 Å². The molecule has 160 valence electrons. The molecule has 0 N–H and O–H groups in total. The molecule has 1 aliphatic rings. The normalized spacial score (nSPS) is 14.2. The lowest BCUT2D eigenvalue weighted by atomic mass is 9.76. The highest BCUT2D eigenvalue weighted by Gasteiger charge is 2.34. The maximum atomic E-state index is 2.41. The lowest BCUT2D eigenvalue weighted by Gasteiger charge is -2.28. The molecule has 0 heteroatoms. The van der Waals surface area contributed by atoms with E-state index in [0.29, 0.717) is 0 Å². The molecule has 31 heavy (non-hydrogen) atoms. The predicted octanol–water partition coefficient (Wildman–Crippen LogP) is 8.78. The fourth-order valence-corrected chi connectivity index (χ4v) is 5.28. The highest BCUT2D eigenvalue weighted by molar-refractivity contribution is 6.02. The second-order valence-electron chi connectivity index (χ2n) is 11.2. The molecule has 0 aliphatic heterocycles. The van der Waals surface area contributed by atoms with E-state index in [9.17, 15) is 0 Å². The number of hydrogen-bond acceptors (Lipinski definition) is 0. The van der Waals surface area contributed by atoms with E-state index in [4.69, 9.17) is 0 Å². The van der Waals surface area contributed by atoms with Crippen molar-refractivity contribution in [2.24, 2.45) is 5.41 Å². The van der Waals surface area contributed by atoms with Crippen LogP contribution >= 0.6 is 0 Å². The van der Waals surface area contributed by atoms with Crippen molar-refractivity contribution in [1.82, 2.24) is 0 Å². The number of allylic oxidation sites excluding steroid dienone is 2. The minimum Gasteiger partial charge on any atom is -0.0620 e. The van der Waals surface area contributed by atoms with Gasteiger partial charge in [-0.3, -0.25) is 0 Å². The summed E-state index contributed by atoms with van der Waals surface area (Å²) < 4.78 is 0. The third-order valence-electron chi connectivity index (χ3n) is 6.68. The predicted molar refractivity (Wildman–Crippen MR) is 136 cm³/mol. The second kappa shape index (κ2) is 7.52. The van der Waals surface area contributed by atoms with Crippen LogP contribution in [0.4, 0.5) is 0 Å². The van der Waals surface area contributed by atoms with Gasteiger partial charge in [0.15, 0.2) is 0 Å². The summed E-state index contributed by atoms with van der Waals surface area (Å²) >= 11 is 0. The van der Waals surface area contributed by atoms with Crippen molar-refractivity contribution in [3.63, 3.8) is 0 Å². The van der Waals surface area contributed by atoms with Crippen LogP contribution in [0.1, 0.15) is 74.9 Å². The summed E-state index contributed by atoms with van der Waals surface area (Å²) in [6, 6.07) is 22.6. The average Bonchev–Trinajstić information content (AvgIpc) is 3.07. The van der Waals surface area contributed by atoms with Gasteiger partial charge in [0.25, 0.3) is 0 Å². The van der Waals surface area contributed by atoms with E-state index < -0.39 is 0 Å². The zero-order chi connectivity index (χ0) is 22.6. The molecule has 3 aromatic rings. The number of rotatable bonds is 2. The highest BCUT2D eigenvalue weighted by atomic mass is 14.4. The van der Waals surface area contributed by atoms with Crippen molar-refractivity contribution in [3.8, 4) is 11.1 Å². The van der Waals surface area contributed by atoms with Gasteiger partial charge in [-0.2, -0.15) is 0 Å². The molecule has 0 spiro atoms. The largest absolute Gasteiger partial charge is 0.0620 e. The van der Waals surface area contributed by atoms with Gasteiger partial charge in [0.1, 0.15) is 0 Å². The van der Waals surface area contributed by atoms with Crippen LogP contribution in [0.5, 0.6) is 0 Å². The molecule has 0 heterocycles. The molecule has 1 aliphatic carbocycles. The minimum absolute atomic E-state index is 0.0785. The molecule has 0 fully saturated rings. The first-order valence-electron chi connectivity index (χ1n) is 11.5. The van der Waals surface area contributed by atoms with Crippen molar-refractivity contribution in [2.75, 3.05) is 0 Å². The van der Waals surface area contributed by atoms with Gasteiger partial charge < -0.3 is 0 Å². The summed E-state index contributed by atoms with van der Waals surface area (Å²) in [6.07, 6.45) is 1.00. The van der Waals surface area contributed by atoms with Crippen LogP contribution in [0.2, 0.25) is 0 Å². The molecule has 4 rings (SSSR count). The standard InChI is InChI=1S/C31H36/c1-20-13-9-11-15-22(20)26-19-25-24(29(26)31(6,7)8)17-18-27(30(3,4)5)28(25)23-16-12-10-14-21(23)2/h9-18H,19H2,1-8H3. The van der Waals surface area contributed by atoms with Gasteiger partial charge >= 0.3 is 0 Å². The molecule has 0 saturated carbocycles. The van der Waals surface area contributed by atoms with Crippen LogP contribution in [0.25, 0.3) is 22.3 Å². The quantitative estimate of drug-likeness (QED) is 0.397. The lowest BCUT2D eigenvalue weighted by molar-refractivity contribution is 0.568. The van der Waals surface area contributed by atoms with E-state index in [2.05, 4.69) is 116 Å². The monoisotopic (exact) mass is 408 g/mol. The Hall–Kier alpha value is -2.60. The van der Waals surface area contributed by atoms with Crippen molar-refractivity contribution in [2.45, 2.75) is 67.2 Å². The second-order valence-corrected chi connectivity index (χ2v) is 11.2. The third-order valence-corrected chi connectivity index (χ3v) is 6.68. The number of fused-ring (bicyclic) bond motifs is 1. The van der Waals surface area contributed by atoms with Crippen LogP contribution < -0.4 is 0 Å². The van der Waals surface area contributed by atoms with Crippen LogP contribution in [0.15, 0.2) is 60.7 Å². The molecular formula is C31H36. The zero-order valence-corrected chi connectivity index (χ0v) is 20.5. The van der Waals surface area contributed by atoms with Gasteiger partial charge in [0, 0.05) is 0 Å². The molecule has 0 amide bonds. The Morgan fingerprint density at radius 1 is 0.581 bits per heavy atom. The molecule has 0 aromatic heterocycles. The smallest absolute Gasteiger partial charge is 0.000425 e. The summed E-state index contributed by atoms with van der Waals surface area (Å²) in [4.78, 5) is 0. The Bertz CT molecular complexity index is 1170. The Morgan fingerprint density at radius 2 is 1.13 bits per heavy atom. The Kier molecular flexibility index (Phi) is 5.24. The van der Waals surface area contributed by atoms with E-state index in [1.165, 1.54) is 55.7 Å². The summed E-state index contributed by atoms with van der Waals surface area (Å²) in [5.41, 5.74) is 14.5. The van der Waals surface area contributed by atoms with Crippen LogP contribution in [-0.2, 0) is 11.8 Å². The highest BCUT2D eigenvalue weighted by Crippen LogP contribution is 2.52. The lowest BCUT2D eigenvalue weighted by Crippen LogP contribution is -2.15. The maximum Gasteiger partial charge on any atom is -0.000425 e. The van der Waals surface area contributed by atoms with Gasteiger partial charge in [-0.1, -0.05) is 102 Å². The Labute approximate surface area is 189 Å². The summed E-state index contributed by atoms with van der Waals surface area (Å²) in [5, 5.41) is 0. The first-order chi connectivity index (χ1) is 14.5. The maximum absolute atomic E-state index is 2.41. The zero-order valence-electron chi connectivity index (χ0n) is 20.5. The number of hydrogen-bond donors (Lipinski definition) is 0. The van der Waals surface area contributed by atoms with E-state index in [-0.39, 0.29) is 10.8 Å². The fourth-order valence-electron chi connectivity index (χ4n) is 5.28. The van der Waals surface area contributed by atoms with E-state index >= 15 is 0 Å². The SMILES string of the molecule is Cc1ccccc1C1=C(C(C)(C)C)c2ccc(C(C)(C)C)c(-c3ccccc3C)c2C1. The van der Waals surface area contributed by atoms with Crippen molar-refractivity contribution < 1.29 is 0 Å². The average molecular weight is 409 g/mol. The van der Waals surface area contributed by atoms with Crippen LogP contribution in [-0.4, -0.2) is 0 Å². The summed E-state index contributed by atoms with van der Waals surface area (Å²) in [7, 11) is 0. The first-order valence-corrected chi connectivity index (χ1v) is 11.5. The molecule has 0 bridgehead atoms. The first kappa shape index (κ1) is 21.6. The third kappa shape index (κ3) is 3.78. The fraction of sp³-hybridized carbons (Fsp3) is 0.355. The molecule has 3 aromatic carbocycles. The number of aryl methyl sites for hydroxylation is 2. The van der Waals surface area contributed by atoms with Crippen LogP contribution in [0, 0.1) is 19.3 Å². The molecular weight excluding hydrogens is 372 g/mol. The molecule has 0 atom stereocenters. The van der Waals surface area contributed by atoms with Gasteiger partial charge in [-0.25, -0.2) is 0 Å². The van der Waals surface area contributed by atoms with E-state index in [0.717, 1.165) is 6.42 Å². The van der Waals surface area contributed by atoms with Crippen LogP contribution in [0.3, 0.4) is 0 Å². The Morgan fingerprint density at radius 3 is 1.65 bits per heavy atom. The molecule has 0 saturated heterocycles. The van der Waals surface area contributed by atoms with Gasteiger partial charge in [0.05, 0.1) is 0 Å².